The van der Waals surface area contributed by atoms with Gasteiger partial charge in [0, 0.05) is 17.3 Å². The van der Waals surface area contributed by atoms with Crippen molar-refractivity contribution in [1.29, 1.82) is 0 Å². The molecule has 1 atom stereocenters. The van der Waals surface area contributed by atoms with Gasteiger partial charge in [0.2, 0.25) is 0 Å². The number of aromatic nitrogens is 2. The maximum atomic E-state index is 13.0. The number of benzene rings is 2. The third-order valence-corrected chi connectivity index (χ3v) is 5.19. The summed E-state index contributed by atoms with van der Waals surface area (Å²) in [7, 11) is 4.59. The number of aliphatic carboxylic acids is 1. The molecule has 0 unspecified atom stereocenters. The lowest BCUT2D eigenvalue weighted by molar-refractivity contribution is -0.132. The van der Waals surface area contributed by atoms with E-state index in [2.05, 4.69) is 15.7 Å². The van der Waals surface area contributed by atoms with Crippen LogP contribution in [0.4, 0.5) is 11.5 Å². The van der Waals surface area contributed by atoms with Crippen molar-refractivity contribution in [3.05, 3.63) is 71.6 Å². The van der Waals surface area contributed by atoms with Gasteiger partial charge in [0.25, 0.3) is 5.91 Å². The molecule has 0 saturated carbocycles. The van der Waals surface area contributed by atoms with Crippen molar-refractivity contribution in [1.82, 2.24) is 9.78 Å². The largest absolute Gasteiger partial charge is 0.497 e. The first-order valence-electron chi connectivity index (χ1n) is 9.92. The molecular weight excluding hydrogens is 428 g/mol. The summed E-state index contributed by atoms with van der Waals surface area (Å²) >= 11 is 0. The molecule has 4 rings (SSSR count). The van der Waals surface area contributed by atoms with Gasteiger partial charge in [0.1, 0.15) is 40.4 Å². The molecule has 0 saturated heterocycles. The number of hydrogen-bond acceptors (Lipinski definition) is 7. The zero-order valence-electron chi connectivity index (χ0n) is 18.2. The highest BCUT2D eigenvalue weighted by Gasteiger charge is 2.31. The van der Waals surface area contributed by atoms with E-state index >= 15 is 0 Å². The number of nitrogens with zero attached hydrogens (tertiary/aromatic N) is 2. The quantitative estimate of drug-likeness (QED) is 0.502. The minimum absolute atomic E-state index is 0.0895. The van der Waals surface area contributed by atoms with Gasteiger partial charge in [-0.05, 0) is 36.4 Å². The van der Waals surface area contributed by atoms with Crippen molar-refractivity contribution in [2.75, 3.05) is 32.0 Å². The fourth-order valence-corrected chi connectivity index (χ4v) is 3.58. The van der Waals surface area contributed by atoms with Crippen LogP contribution in [0.5, 0.6) is 17.2 Å². The third-order valence-electron chi connectivity index (χ3n) is 5.19. The van der Waals surface area contributed by atoms with Gasteiger partial charge < -0.3 is 30.0 Å². The van der Waals surface area contributed by atoms with E-state index in [0.29, 0.717) is 28.5 Å². The second-order valence-corrected chi connectivity index (χ2v) is 7.10. The molecule has 0 fully saturated rings. The van der Waals surface area contributed by atoms with Gasteiger partial charge in [-0.15, -0.1) is 0 Å². The summed E-state index contributed by atoms with van der Waals surface area (Å²) in [5.41, 5.74) is 1.24. The first-order chi connectivity index (χ1) is 15.9. The van der Waals surface area contributed by atoms with Crippen molar-refractivity contribution in [2.45, 2.75) is 6.04 Å². The minimum atomic E-state index is -1.17. The number of methoxy groups -OCH3 is 3. The summed E-state index contributed by atoms with van der Waals surface area (Å²) in [5, 5.41) is 19.6. The zero-order valence-corrected chi connectivity index (χ0v) is 18.2. The molecule has 0 bridgehead atoms. The highest BCUT2D eigenvalue weighted by molar-refractivity contribution is 6.08. The predicted molar refractivity (Wildman–Crippen MR) is 120 cm³/mol. The average Bonchev–Trinajstić information content (AvgIpc) is 3.27. The molecule has 3 aromatic rings. The van der Waals surface area contributed by atoms with Crippen LogP contribution in [-0.2, 0) is 4.79 Å². The molecule has 10 nitrogen and oxygen atoms in total. The third kappa shape index (κ3) is 4.18. The summed E-state index contributed by atoms with van der Waals surface area (Å²) in [6, 6.07) is 11.4. The molecule has 1 aliphatic heterocycles. The molecule has 0 aliphatic carbocycles. The number of carboxylic acids is 1. The zero-order chi connectivity index (χ0) is 23.5. The van der Waals surface area contributed by atoms with Crippen molar-refractivity contribution < 1.29 is 28.9 Å². The maximum Gasteiger partial charge on any atom is 0.352 e. The number of carbonyl (C=O) groups is 2. The van der Waals surface area contributed by atoms with Crippen LogP contribution in [0.1, 0.15) is 22.0 Å². The van der Waals surface area contributed by atoms with E-state index in [0.717, 1.165) is 0 Å². The second-order valence-electron chi connectivity index (χ2n) is 7.10. The van der Waals surface area contributed by atoms with Crippen molar-refractivity contribution in [2.24, 2.45) is 0 Å². The second kappa shape index (κ2) is 8.95. The molecule has 0 spiro atoms. The number of nitrogens with one attached hydrogen (secondary N) is 2. The van der Waals surface area contributed by atoms with E-state index in [1.165, 1.54) is 38.3 Å². The molecule has 33 heavy (non-hydrogen) atoms. The molecule has 170 valence electrons. The fourth-order valence-electron chi connectivity index (χ4n) is 3.58. The van der Waals surface area contributed by atoms with Gasteiger partial charge in [-0.2, -0.15) is 5.10 Å². The fraction of sp³-hybridized carbons (Fsp3) is 0.174. The Kier molecular flexibility index (Phi) is 5.90. The summed E-state index contributed by atoms with van der Waals surface area (Å²) in [5.74, 6) is 0.287. The first kappa shape index (κ1) is 21.8. The topological polar surface area (TPSA) is 124 Å². The Morgan fingerprint density at radius 2 is 1.82 bits per heavy atom. The molecule has 1 aliphatic rings. The smallest absolute Gasteiger partial charge is 0.352 e. The molecule has 2 aromatic carbocycles. The minimum Gasteiger partial charge on any atom is -0.497 e. The Balaban J connectivity index is 1.76. The number of carbonyl (C=O) groups excluding carboxylic acids is 1. The van der Waals surface area contributed by atoms with Crippen LogP contribution in [0, 0.1) is 0 Å². The Hall–Kier alpha value is -4.47. The van der Waals surface area contributed by atoms with E-state index in [4.69, 9.17) is 14.2 Å². The Bertz CT molecular complexity index is 1250. The van der Waals surface area contributed by atoms with Crippen LogP contribution in [0.3, 0.4) is 0 Å². The van der Waals surface area contributed by atoms with E-state index in [1.807, 2.05) is 0 Å². The van der Waals surface area contributed by atoms with Crippen LogP contribution in [0.2, 0.25) is 0 Å². The van der Waals surface area contributed by atoms with Gasteiger partial charge in [-0.25, -0.2) is 9.48 Å². The average molecular weight is 450 g/mol. The summed E-state index contributed by atoms with van der Waals surface area (Å²) in [6.07, 6.45) is 2.89. The lowest BCUT2D eigenvalue weighted by Crippen LogP contribution is -2.26. The van der Waals surface area contributed by atoms with E-state index in [9.17, 15) is 14.7 Å². The lowest BCUT2D eigenvalue weighted by atomic mass is 10.0. The number of ether oxygens (including phenoxy) is 3. The maximum absolute atomic E-state index is 13.0. The summed E-state index contributed by atoms with van der Waals surface area (Å²) < 4.78 is 17.5. The van der Waals surface area contributed by atoms with E-state index < -0.39 is 17.9 Å². The Labute approximate surface area is 189 Å². The standard InChI is InChI=1S/C23H22N4O6/c1-31-14-6-4-5-13(9-14)25-22(28)17-12-24-27-19(11-18(23(29)30)26-21(17)27)16-10-15(32-2)7-8-20(16)33-3/h4-12,19,26H,1-3H3,(H,25,28)(H,29,30)/t19-/m0/s1. The van der Waals surface area contributed by atoms with Crippen molar-refractivity contribution in [3.8, 4) is 17.2 Å². The highest BCUT2D eigenvalue weighted by atomic mass is 16.5. The highest BCUT2D eigenvalue weighted by Crippen LogP contribution is 2.38. The molecule has 1 aromatic heterocycles. The van der Waals surface area contributed by atoms with Crippen LogP contribution >= 0.6 is 0 Å². The number of anilines is 2. The Morgan fingerprint density at radius 1 is 1.06 bits per heavy atom. The monoisotopic (exact) mass is 450 g/mol. The number of amides is 1. The molecule has 2 heterocycles. The first-order valence-corrected chi connectivity index (χ1v) is 9.92. The number of carboxylic acid groups (broad SMARTS) is 1. The number of hydrogen-bond donors (Lipinski definition) is 3. The van der Waals surface area contributed by atoms with Crippen LogP contribution in [0.25, 0.3) is 0 Å². The van der Waals surface area contributed by atoms with Gasteiger partial charge in [-0.3, -0.25) is 4.79 Å². The number of allylic oxidation sites excluding steroid dienone is 1. The van der Waals surface area contributed by atoms with Crippen LogP contribution in [-0.4, -0.2) is 48.1 Å². The van der Waals surface area contributed by atoms with Gasteiger partial charge in [-0.1, -0.05) is 6.07 Å². The van der Waals surface area contributed by atoms with Crippen LogP contribution in [0.15, 0.2) is 60.4 Å². The molecule has 10 heteroatoms. The summed E-state index contributed by atoms with van der Waals surface area (Å²) in [6.45, 7) is 0. The molecule has 0 radical (unpaired) electrons. The Morgan fingerprint density at radius 3 is 2.52 bits per heavy atom. The van der Waals surface area contributed by atoms with Crippen molar-refractivity contribution >= 4 is 23.4 Å². The predicted octanol–water partition coefficient (Wildman–Crippen LogP) is 3.14. The van der Waals surface area contributed by atoms with Gasteiger partial charge in [0.05, 0.1) is 27.5 Å². The van der Waals surface area contributed by atoms with Gasteiger partial charge in [0.15, 0.2) is 0 Å². The van der Waals surface area contributed by atoms with Crippen molar-refractivity contribution in [3.63, 3.8) is 0 Å². The number of rotatable bonds is 7. The van der Waals surface area contributed by atoms with E-state index in [-0.39, 0.29) is 17.1 Å². The molecule has 1 amide bonds. The number of fused-ring (bicyclic) bond motifs is 1. The van der Waals surface area contributed by atoms with Gasteiger partial charge >= 0.3 is 5.97 Å². The normalized spacial score (nSPS) is 14.4. The van der Waals surface area contributed by atoms with Crippen LogP contribution < -0.4 is 24.8 Å². The SMILES string of the molecule is COc1cccc(NC(=O)c2cnn3c2NC(C(=O)O)=C[C@H]3c2cc(OC)ccc2OC)c1. The van der Waals surface area contributed by atoms with E-state index in [1.54, 1.807) is 42.5 Å². The lowest BCUT2D eigenvalue weighted by Gasteiger charge is -2.26. The summed E-state index contributed by atoms with van der Waals surface area (Å²) in [4.78, 5) is 24.9. The molecular formula is C23H22N4O6. The molecule has 3 N–H and O–H groups in total.